The number of hydrogen-bond acceptors (Lipinski definition) is 5. The molecule has 3 rings (SSSR count). The van der Waals surface area contributed by atoms with Crippen LogP contribution >= 0.6 is 15.9 Å². The molecule has 0 unspecified atom stereocenters. The number of rotatable bonds is 8. The number of para-hydroxylation sites is 2. The molecular weight excluding hydrogens is 424 g/mol. The minimum absolute atomic E-state index is 0.177. The van der Waals surface area contributed by atoms with Crippen molar-refractivity contribution in [2.45, 2.75) is 6.92 Å². The molecule has 0 radical (unpaired) electrons. The van der Waals surface area contributed by atoms with Crippen LogP contribution in [0.4, 0.5) is 0 Å². The van der Waals surface area contributed by atoms with Gasteiger partial charge in [0.2, 0.25) is 0 Å². The molecule has 1 N–H and O–H groups in total. The predicted molar refractivity (Wildman–Crippen MR) is 111 cm³/mol. The Kier molecular flexibility index (Phi) is 6.86. The summed E-state index contributed by atoms with van der Waals surface area (Å²) in [5, 5.41) is 3.90. The molecule has 1 amide bonds. The number of nitrogens with one attached hydrogen (secondary N) is 1. The van der Waals surface area contributed by atoms with Gasteiger partial charge in [-0.05, 0) is 43.3 Å². The van der Waals surface area contributed by atoms with Gasteiger partial charge in [0.1, 0.15) is 11.5 Å². The van der Waals surface area contributed by atoms with E-state index in [1.165, 1.54) is 6.21 Å². The summed E-state index contributed by atoms with van der Waals surface area (Å²) in [6.45, 7) is 2.22. The van der Waals surface area contributed by atoms with Crippen molar-refractivity contribution in [3.8, 4) is 22.8 Å². The molecule has 28 heavy (non-hydrogen) atoms. The second-order valence-corrected chi connectivity index (χ2v) is 6.59. The number of hydrazone groups is 1. The van der Waals surface area contributed by atoms with Gasteiger partial charge in [0.15, 0.2) is 18.1 Å². The van der Waals surface area contributed by atoms with Crippen molar-refractivity contribution in [3.05, 3.63) is 70.9 Å². The third-order valence-corrected chi connectivity index (χ3v) is 4.17. The predicted octanol–water partition coefficient (Wildman–Crippen LogP) is 4.64. The Morgan fingerprint density at radius 2 is 1.79 bits per heavy atom. The largest absolute Gasteiger partial charge is 0.490 e. The number of ether oxygens (including phenoxy) is 2. The first-order chi connectivity index (χ1) is 13.7. The number of amides is 1. The van der Waals surface area contributed by atoms with E-state index < -0.39 is 0 Å². The van der Waals surface area contributed by atoms with Crippen LogP contribution in [0.25, 0.3) is 11.3 Å². The maximum atomic E-state index is 11.9. The van der Waals surface area contributed by atoms with Crippen LogP contribution in [0.2, 0.25) is 0 Å². The lowest BCUT2D eigenvalue weighted by Gasteiger charge is -2.10. The van der Waals surface area contributed by atoms with Gasteiger partial charge in [-0.2, -0.15) is 5.10 Å². The highest BCUT2D eigenvalue weighted by atomic mass is 79.9. The van der Waals surface area contributed by atoms with E-state index in [0.717, 1.165) is 15.8 Å². The number of benzene rings is 2. The van der Waals surface area contributed by atoms with Crippen molar-refractivity contribution in [1.29, 1.82) is 0 Å². The molecule has 7 heteroatoms. The molecule has 0 aliphatic carbocycles. The van der Waals surface area contributed by atoms with Gasteiger partial charge >= 0.3 is 0 Å². The van der Waals surface area contributed by atoms with Crippen LogP contribution in [0.3, 0.4) is 0 Å². The van der Waals surface area contributed by atoms with Crippen LogP contribution in [0.1, 0.15) is 12.7 Å². The highest BCUT2D eigenvalue weighted by Crippen LogP contribution is 2.26. The quantitative estimate of drug-likeness (QED) is 0.407. The third-order valence-electron chi connectivity index (χ3n) is 3.64. The second-order valence-electron chi connectivity index (χ2n) is 5.67. The fourth-order valence-corrected chi connectivity index (χ4v) is 2.64. The van der Waals surface area contributed by atoms with Gasteiger partial charge < -0.3 is 13.9 Å². The van der Waals surface area contributed by atoms with E-state index in [9.17, 15) is 4.79 Å². The van der Waals surface area contributed by atoms with Crippen molar-refractivity contribution < 1.29 is 18.7 Å². The molecule has 0 atom stereocenters. The highest BCUT2D eigenvalue weighted by Gasteiger charge is 2.07. The van der Waals surface area contributed by atoms with Gasteiger partial charge in [-0.25, -0.2) is 5.43 Å². The Hall–Kier alpha value is -3.06. The fourth-order valence-electron chi connectivity index (χ4n) is 2.38. The van der Waals surface area contributed by atoms with E-state index >= 15 is 0 Å². The molecular formula is C21H19BrN2O4. The Bertz CT molecular complexity index is 951. The van der Waals surface area contributed by atoms with Crippen LogP contribution < -0.4 is 14.9 Å². The Balaban J connectivity index is 1.51. The van der Waals surface area contributed by atoms with Crippen LogP contribution in [0.15, 0.2) is 74.7 Å². The van der Waals surface area contributed by atoms with E-state index in [-0.39, 0.29) is 12.5 Å². The Labute approximate surface area is 171 Å². The van der Waals surface area contributed by atoms with E-state index in [2.05, 4.69) is 26.5 Å². The zero-order valence-electron chi connectivity index (χ0n) is 15.2. The summed E-state index contributed by atoms with van der Waals surface area (Å²) in [6, 6.07) is 18.6. The third kappa shape index (κ3) is 5.47. The van der Waals surface area contributed by atoms with Crippen LogP contribution in [-0.4, -0.2) is 25.3 Å². The van der Waals surface area contributed by atoms with Gasteiger partial charge in [-0.3, -0.25) is 4.79 Å². The first-order valence-electron chi connectivity index (χ1n) is 8.68. The number of carbonyl (C=O) groups excluding carboxylic acids is 1. The summed E-state index contributed by atoms with van der Waals surface area (Å²) in [5.41, 5.74) is 3.36. The van der Waals surface area contributed by atoms with Crippen molar-refractivity contribution in [3.63, 3.8) is 0 Å². The molecule has 144 valence electrons. The van der Waals surface area contributed by atoms with E-state index in [1.54, 1.807) is 18.2 Å². The lowest BCUT2D eigenvalue weighted by Crippen LogP contribution is -2.24. The van der Waals surface area contributed by atoms with Crippen LogP contribution in [0.5, 0.6) is 11.5 Å². The summed E-state index contributed by atoms with van der Waals surface area (Å²) in [7, 11) is 0. The lowest BCUT2D eigenvalue weighted by atomic mass is 10.2. The molecule has 3 aromatic rings. The maximum Gasteiger partial charge on any atom is 0.277 e. The molecule has 0 spiro atoms. The van der Waals surface area contributed by atoms with Crippen molar-refractivity contribution in [2.24, 2.45) is 5.10 Å². The summed E-state index contributed by atoms with van der Waals surface area (Å²) in [4.78, 5) is 11.9. The molecule has 0 saturated carbocycles. The molecule has 2 aromatic carbocycles. The van der Waals surface area contributed by atoms with Crippen molar-refractivity contribution in [2.75, 3.05) is 13.2 Å². The lowest BCUT2D eigenvalue weighted by molar-refractivity contribution is -0.123. The molecule has 0 aliphatic rings. The number of carbonyl (C=O) groups is 1. The standard InChI is InChI=1S/C21H19BrN2O4/c1-2-26-19-5-3-4-6-20(19)27-14-21(25)24-23-13-17-11-12-18(28-17)15-7-9-16(22)10-8-15/h3-13H,2,14H2,1H3,(H,24,25)/b23-13+. The van der Waals surface area contributed by atoms with E-state index in [0.29, 0.717) is 23.9 Å². The smallest absolute Gasteiger partial charge is 0.277 e. The average molecular weight is 443 g/mol. The zero-order valence-corrected chi connectivity index (χ0v) is 16.8. The molecule has 1 heterocycles. The van der Waals surface area contributed by atoms with Crippen LogP contribution in [-0.2, 0) is 4.79 Å². The normalized spacial score (nSPS) is 10.8. The maximum absolute atomic E-state index is 11.9. The van der Waals surface area contributed by atoms with Gasteiger partial charge in [-0.1, -0.05) is 40.2 Å². The minimum Gasteiger partial charge on any atom is -0.490 e. The Morgan fingerprint density at radius 3 is 2.50 bits per heavy atom. The van der Waals surface area contributed by atoms with Gasteiger partial charge in [0, 0.05) is 10.0 Å². The van der Waals surface area contributed by atoms with E-state index in [4.69, 9.17) is 13.9 Å². The zero-order chi connectivity index (χ0) is 19.8. The first kappa shape index (κ1) is 19.7. The first-order valence-corrected chi connectivity index (χ1v) is 9.47. The molecule has 0 bridgehead atoms. The molecule has 1 aromatic heterocycles. The summed E-state index contributed by atoms with van der Waals surface area (Å²) in [6.07, 6.45) is 1.44. The van der Waals surface area contributed by atoms with Gasteiger partial charge in [0.25, 0.3) is 5.91 Å². The monoisotopic (exact) mass is 442 g/mol. The summed E-state index contributed by atoms with van der Waals surface area (Å²) < 4.78 is 17.6. The molecule has 0 saturated heterocycles. The summed E-state index contributed by atoms with van der Waals surface area (Å²) in [5.74, 6) is 1.96. The van der Waals surface area contributed by atoms with Crippen molar-refractivity contribution >= 4 is 28.1 Å². The van der Waals surface area contributed by atoms with Gasteiger partial charge in [-0.15, -0.1) is 0 Å². The Morgan fingerprint density at radius 1 is 1.07 bits per heavy atom. The number of nitrogens with zero attached hydrogens (tertiary/aromatic N) is 1. The van der Waals surface area contributed by atoms with Crippen molar-refractivity contribution in [1.82, 2.24) is 5.43 Å². The number of halogens is 1. The average Bonchev–Trinajstić information content (AvgIpc) is 3.17. The van der Waals surface area contributed by atoms with E-state index in [1.807, 2.05) is 49.4 Å². The van der Waals surface area contributed by atoms with Gasteiger partial charge in [0.05, 0.1) is 12.8 Å². The highest BCUT2D eigenvalue weighted by molar-refractivity contribution is 9.10. The number of hydrogen-bond donors (Lipinski definition) is 1. The molecule has 6 nitrogen and oxygen atoms in total. The SMILES string of the molecule is CCOc1ccccc1OCC(=O)N/N=C/c1ccc(-c2ccc(Br)cc2)o1. The second kappa shape index (κ2) is 9.75. The molecule has 0 fully saturated rings. The summed E-state index contributed by atoms with van der Waals surface area (Å²) >= 11 is 3.40. The van der Waals surface area contributed by atoms with Crippen LogP contribution in [0, 0.1) is 0 Å². The minimum atomic E-state index is -0.387. The number of furan rings is 1. The molecule has 0 aliphatic heterocycles. The fraction of sp³-hybridized carbons (Fsp3) is 0.143. The topological polar surface area (TPSA) is 73.1 Å².